The summed E-state index contributed by atoms with van der Waals surface area (Å²) in [5.41, 5.74) is -0.758. The van der Waals surface area contributed by atoms with Crippen molar-refractivity contribution in [3.05, 3.63) is 0 Å². The molecule has 1 saturated carbocycles. The number of carbonyl (C=O) groups excluding carboxylic acids is 2. The van der Waals surface area contributed by atoms with E-state index in [0.717, 1.165) is 0 Å². The first kappa shape index (κ1) is 12.7. The van der Waals surface area contributed by atoms with Gasteiger partial charge in [-0.2, -0.15) is 5.26 Å². The molecule has 0 aromatic carbocycles. The van der Waals surface area contributed by atoms with Gasteiger partial charge in [0.25, 0.3) is 0 Å². The van der Waals surface area contributed by atoms with Gasteiger partial charge in [-0.15, -0.1) is 0 Å². The molecule has 0 radical (unpaired) electrons. The molecule has 0 aromatic rings. The SMILES string of the molecule is CCOC(=O)N1CCN(C(=O)C2(C#N)CC2)CC1. The van der Waals surface area contributed by atoms with Gasteiger partial charge >= 0.3 is 6.09 Å². The van der Waals surface area contributed by atoms with Gasteiger partial charge in [0.05, 0.1) is 12.7 Å². The van der Waals surface area contributed by atoms with Crippen molar-refractivity contribution in [3.63, 3.8) is 0 Å². The van der Waals surface area contributed by atoms with Gasteiger partial charge < -0.3 is 14.5 Å². The van der Waals surface area contributed by atoms with Crippen molar-refractivity contribution in [2.45, 2.75) is 19.8 Å². The Balaban J connectivity index is 1.86. The van der Waals surface area contributed by atoms with Gasteiger partial charge in [0.2, 0.25) is 5.91 Å². The number of piperazine rings is 1. The minimum absolute atomic E-state index is 0.0755. The van der Waals surface area contributed by atoms with E-state index in [1.54, 1.807) is 16.7 Å². The average molecular weight is 251 g/mol. The van der Waals surface area contributed by atoms with Gasteiger partial charge in [0.1, 0.15) is 5.41 Å². The second kappa shape index (κ2) is 4.84. The monoisotopic (exact) mass is 251 g/mol. The fourth-order valence-corrected chi connectivity index (χ4v) is 2.11. The lowest BCUT2D eigenvalue weighted by Crippen LogP contribution is -2.52. The summed E-state index contributed by atoms with van der Waals surface area (Å²) in [7, 11) is 0. The maximum atomic E-state index is 12.1. The van der Waals surface area contributed by atoms with E-state index in [1.165, 1.54) is 0 Å². The molecule has 0 unspecified atom stereocenters. The van der Waals surface area contributed by atoms with Gasteiger partial charge in [-0.05, 0) is 19.8 Å². The standard InChI is InChI=1S/C12H17N3O3/c1-2-18-11(17)15-7-5-14(6-8-15)10(16)12(9-13)3-4-12/h2-8H2,1H3. The fourth-order valence-electron chi connectivity index (χ4n) is 2.11. The van der Waals surface area contributed by atoms with Crippen LogP contribution in [0.25, 0.3) is 0 Å². The van der Waals surface area contributed by atoms with Crippen LogP contribution in [0.1, 0.15) is 19.8 Å². The van der Waals surface area contributed by atoms with Crippen LogP contribution >= 0.6 is 0 Å². The first-order valence-corrected chi connectivity index (χ1v) is 6.25. The Kier molecular flexibility index (Phi) is 3.41. The van der Waals surface area contributed by atoms with E-state index in [4.69, 9.17) is 10.00 Å². The van der Waals surface area contributed by atoms with Gasteiger partial charge in [0.15, 0.2) is 0 Å². The Hall–Kier alpha value is -1.77. The Labute approximate surface area is 106 Å². The Bertz CT molecular complexity index is 390. The summed E-state index contributed by atoms with van der Waals surface area (Å²) in [6, 6.07) is 2.11. The molecule has 0 atom stereocenters. The molecule has 0 aromatic heterocycles. The maximum Gasteiger partial charge on any atom is 0.409 e. The van der Waals surface area contributed by atoms with Crippen molar-refractivity contribution in [3.8, 4) is 6.07 Å². The molecule has 18 heavy (non-hydrogen) atoms. The third kappa shape index (κ3) is 2.26. The number of hydrogen-bond donors (Lipinski definition) is 0. The Morgan fingerprint density at radius 2 is 1.78 bits per heavy atom. The summed E-state index contributed by atoms with van der Waals surface area (Å²) in [5.74, 6) is -0.0755. The number of hydrogen-bond acceptors (Lipinski definition) is 4. The first-order chi connectivity index (χ1) is 8.63. The van der Waals surface area contributed by atoms with E-state index in [2.05, 4.69) is 6.07 Å². The smallest absolute Gasteiger partial charge is 0.409 e. The molecule has 1 aliphatic carbocycles. The molecule has 2 amide bonds. The third-order valence-corrected chi connectivity index (χ3v) is 3.47. The zero-order chi connectivity index (χ0) is 13.2. The van der Waals surface area contributed by atoms with Crippen LogP contribution in [0.4, 0.5) is 4.79 Å². The molecular formula is C12H17N3O3. The van der Waals surface area contributed by atoms with E-state index >= 15 is 0 Å². The van der Waals surface area contributed by atoms with Gasteiger partial charge in [0, 0.05) is 26.2 Å². The van der Waals surface area contributed by atoms with Crippen LogP contribution in [0.15, 0.2) is 0 Å². The molecule has 0 N–H and O–H groups in total. The van der Waals surface area contributed by atoms with Crippen LogP contribution in [0, 0.1) is 16.7 Å². The average Bonchev–Trinajstić information content (AvgIpc) is 3.19. The molecule has 0 bridgehead atoms. The molecule has 2 rings (SSSR count). The third-order valence-electron chi connectivity index (χ3n) is 3.47. The van der Waals surface area contributed by atoms with Crippen LogP contribution in [-0.2, 0) is 9.53 Å². The van der Waals surface area contributed by atoms with Crippen molar-refractivity contribution in [1.82, 2.24) is 9.80 Å². The lowest BCUT2D eigenvalue weighted by molar-refractivity contribution is -0.136. The van der Waals surface area contributed by atoms with Crippen molar-refractivity contribution >= 4 is 12.0 Å². The van der Waals surface area contributed by atoms with Gasteiger partial charge in [-0.25, -0.2) is 4.79 Å². The highest BCUT2D eigenvalue weighted by molar-refractivity contribution is 5.88. The predicted octanol–water partition coefficient (Wildman–Crippen LogP) is 0.591. The van der Waals surface area contributed by atoms with Gasteiger partial charge in [-0.3, -0.25) is 4.79 Å². The summed E-state index contributed by atoms with van der Waals surface area (Å²) in [4.78, 5) is 26.9. The largest absolute Gasteiger partial charge is 0.450 e. The van der Waals surface area contributed by atoms with Crippen LogP contribution < -0.4 is 0 Å². The fraction of sp³-hybridized carbons (Fsp3) is 0.750. The molecule has 1 saturated heterocycles. The summed E-state index contributed by atoms with van der Waals surface area (Å²) >= 11 is 0. The molecule has 1 heterocycles. The molecule has 98 valence electrons. The zero-order valence-electron chi connectivity index (χ0n) is 10.5. The van der Waals surface area contributed by atoms with E-state index in [0.29, 0.717) is 45.6 Å². The number of carbonyl (C=O) groups is 2. The van der Waals surface area contributed by atoms with Gasteiger partial charge in [-0.1, -0.05) is 0 Å². The number of amides is 2. The molecule has 1 aliphatic heterocycles. The normalized spacial score (nSPS) is 21.1. The van der Waals surface area contributed by atoms with Crippen molar-refractivity contribution in [1.29, 1.82) is 5.26 Å². The minimum atomic E-state index is -0.758. The quantitative estimate of drug-likeness (QED) is 0.720. The van der Waals surface area contributed by atoms with Crippen molar-refractivity contribution < 1.29 is 14.3 Å². The molecule has 0 spiro atoms. The lowest BCUT2D eigenvalue weighted by Gasteiger charge is -2.34. The van der Waals surface area contributed by atoms with Crippen molar-refractivity contribution in [2.24, 2.45) is 5.41 Å². The summed E-state index contributed by atoms with van der Waals surface area (Å²) in [5, 5.41) is 8.99. The first-order valence-electron chi connectivity index (χ1n) is 6.25. The van der Waals surface area contributed by atoms with E-state index in [9.17, 15) is 9.59 Å². The second-order valence-corrected chi connectivity index (χ2v) is 4.67. The Morgan fingerprint density at radius 1 is 1.22 bits per heavy atom. The van der Waals surface area contributed by atoms with Crippen molar-refractivity contribution in [2.75, 3.05) is 32.8 Å². The lowest BCUT2D eigenvalue weighted by atomic mass is 10.1. The van der Waals surface area contributed by atoms with Crippen LogP contribution in [0.2, 0.25) is 0 Å². The predicted molar refractivity (Wildman–Crippen MR) is 62.5 cm³/mol. The maximum absolute atomic E-state index is 12.1. The summed E-state index contributed by atoms with van der Waals surface area (Å²) in [6.45, 7) is 4.05. The van der Waals surface area contributed by atoms with Crippen LogP contribution in [0.3, 0.4) is 0 Å². The summed E-state index contributed by atoms with van der Waals surface area (Å²) in [6.07, 6.45) is 1.01. The molecule has 2 fully saturated rings. The highest BCUT2D eigenvalue weighted by Gasteiger charge is 2.52. The van der Waals surface area contributed by atoms with E-state index in [1.807, 2.05) is 0 Å². The highest BCUT2D eigenvalue weighted by atomic mass is 16.6. The van der Waals surface area contributed by atoms with E-state index in [-0.39, 0.29) is 12.0 Å². The topological polar surface area (TPSA) is 73.6 Å². The molecule has 2 aliphatic rings. The number of ether oxygens (including phenoxy) is 1. The Morgan fingerprint density at radius 3 is 2.22 bits per heavy atom. The minimum Gasteiger partial charge on any atom is -0.450 e. The molecular weight excluding hydrogens is 234 g/mol. The van der Waals surface area contributed by atoms with E-state index < -0.39 is 5.41 Å². The summed E-state index contributed by atoms with van der Waals surface area (Å²) < 4.78 is 4.91. The zero-order valence-corrected chi connectivity index (χ0v) is 10.5. The van der Waals surface area contributed by atoms with Crippen LogP contribution in [-0.4, -0.2) is 54.6 Å². The highest BCUT2D eigenvalue weighted by Crippen LogP contribution is 2.46. The molecule has 6 heteroatoms. The molecule has 6 nitrogen and oxygen atoms in total. The van der Waals surface area contributed by atoms with Crippen LogP contribution in [0.5, 0.6) is 0 Å². The number of rotatable bonds is 2. The second-order valence-electron chi connectivity index (χ2n) is 4.67. The number of nitriles is 1. The number of nitrogens with zero attached hydrogens (tertiary/aromatic N) is 3.